The Kier molecular flexibility index (Phi) is 3.85. The van der Waals surface area contributed by atoms with E-state index >= 15 is 0 Å². The molecule has 6 nitrogen and oxygen atoms in total. The molecule has 4 rings (SSSR count). The van der Waals surface area contributed by atoms with E-state index in [1.165, 1.54) is 0 Å². The first-order valence-corrected chi connectivity index (χ1v) is 8.70. The van der Waals surface area contributed by atoms with Crippen molar-refractivity contribution in [3.63, 3.8) is 0 Å². The number of thiophene rings is 1. The Bertz CT molecular complexity index is 1100. The first kappa shape index (κ1) is 15.6. The fourth-order valence-corrected chi connectivity index (χ4v) is 3.24. The van der Waals surface area contributed by atoms with Crippen molar-refractivity contribution in [3.8, 4) is 11.4 Å². The van der Waals surface area contributed by atoms with Crippen molar-refractivity contribution in [2.24, 2.45) is 0 Å². The second-order valence-electron chi connectivity index (χ2n) is 5.82. The lowest BCUT2D eigenvalue weighted by Crippen LogP contribution is -2.15. The lowest BCUT2D eigenvalue weighted by molar-refractivity contribution is 0.411. The summed E-state index contributed by atoms with van der Waals surface area (Å²) >= 11 is 1.63. The van der Waals surface area contributed by atoms with Crippen molar-refractivity contribution in [3.05, 3.63) is 57.0 Å². The fourth-order valence-electron chi connectivity index (χ4n) is 2.62. The zero-order chi connectivity index (χ0) is 17.4. The highest BCUT2D eigenvalue weighted by molar-refractivity contribution is 7.10. The maximum atomic E-state index is 12.0. The van der Waals surface area contributed by atoms with Crippen LogP contribution in [0.3, 0.4) is 0 Å². The maximum Gasteiger partial charge on any atom is 0.420 e. The van der Waals surface area contributed by atoms with Crippen LogP contribution in [0.1, 0.15) is 30.7 Å². The van der Waals surface area contributed by atoms with Gasteiger partial charge in [-0.1, -0.05) is 11.2 Å². The van der Waals surface area contributed by atoms with E-state index in [1.807, 2.05) is 49.6 Å². The van der Waals surface area contributed by atoms with Gasteiger partial charge in [0.15, 0.2) is 5.58 Å². The molecule has 0 aliphatic heterocycles. The molecule has 0 unspecified atom stereocenters. The molecular formula is C18H15N3O3S. The van der Waals surface area contributed by atoms with Gasteiger partial charge in [-0.15, -0.1) is 11.3 Å². The van der Waals surface area contributed by atoms with E-state index in [2.05, 4.69) is 10.1 Å². The molecule has 0 saturated heterocycles. The summed E-state index contributed by atoms with van der Waals surface area (Å²) in [6.45, 7) is 3.88. The number of nitrogens with zero attached hydrogens (tertiary/aromatic N) is 3. The number of rotatable bonds is 4. The van der Waals surface area contributed by atoms with Crippen LogP contribution in [0.4, 0.5) is 0 Å². The van der Waals surface area contributed by atoms with E-state index in [1.54, 1.807) is 28.0 Å². The number of hydrogen-bond donors (Lipinski definition) is 0. The van der Waals surface area contributed by atoms with Gasteiger partial charge in [0, 0.05) is 22.6 Å². The fraction of sp³-hybridized carbons (Fsp3) is 0.167. The van der Waals surface area contributed by atoms with E-state index in [0.717, 1.165) is 16.0 Å². The lowest BCUT2D eigenvalue weighted by atomic mass is 10.2. The molecule has 1 aromatic carbocycles. The van der Waals surface area contributed by atoms with Crippen molar-refractivity contribution >= 4 is 34.6 Å². The Labute approximate surface area is 147 Å². The van der Waals surface area contributed by atoms with Gasteiger partial charge in [-0.2, -0.15) is 4.98 Å². The lowest BCUT2D eigenvalue weighted by Gasteiger charge is -2.04. The SMILES string of the molecule is CC(C)n1c(=O)oc2cc(-c3noc(/C=C/c4cccs4)n3)ccc21. The minimum Gasteiger partial charge on any atom is -0.408 e. The average Bonchev–Trinajstić information content (AvgIpc) is 3.31. The molecule has 7 heteroatoms. The molecule has 25 heavy (non-hydrogen) atoms. The monoisotopic (exact) mass is 353 g/mol. The third kappa shape index (κ3) is 2.94. The second-order valence-corrected chi connectivity index (χ2v) is 6.80. The third-order valence-electron chi connectivity index (χ3n) is 3.76. The maximum absolute atomic E-state index is 12.0. The van der Waals surface area contributed by atoms with E-state index in [4.69, 9.17) is 8.94 Å². The van der Waals surface area contributed by atoms with Crippen LogP contribution in [0.2, 0.25) is 0 Å². The molecule has 0 bridgehead atoms. The molecule has 0 radical (unpaired) electrons. The molecule has 0 aliphatic carbocycles. The molecular weight excluding hydrogens is 338 g/mol. The molecule has 0 amide bonds. The van der Waals surface area contributed by atoms with Gasteiger partial charge in [-0.25, -0.2) is 4.79 Å². The van der Waals surface area contributed by atoms with Crippen LogP contribution in [-0.2, 0) is 0 Å². The number of oxazole rings is 1. The predicted octanol–water partition coefficient (Wildman–Crippen LogP) is 4.46. The summed E-state index contributed by atoms with van der Waals surface area (Å²) in [5.41, 5.74) is 2.00. The van der Waals surface area contributed by atoms with Crippen LogP contribution >= 0.6 is 11.3 Å². The molecule has 0 atom stereocenters. The highest BCUT2D eigenvalue weighted by Crippen LogP contribution is 2.24. The molecule has 0 N–H and O–H groups in total. The smallest absolute Gasteiger partial charge is 0.408 e. The minimum absolute atomic E-state index is 0.0266. The topological polar surface area (TPSA) is 74.1 Å². The number of benzene rings is 1. The summed E-state index contributed by atoms with van der Waals surface area (Å²) in [7, 11) is 0. The Morgan fingerprint density at radius 3 is 2.88 bits per heavy atom. The van der Waals surface area contributed by atoms with E-state index in [9.17, 15) is 4.79 Å². The quantitative estimate of drug-likeness (QED) is 0.541. The zero-order valence-corrected chi connectivity index (χ0v) is 14.5. The predicted molar refractivity (Wildman–Crippen MR) is 97.4 cm³/mol. The van der Waals surface area contributed by atoms with Gasteiger partial charge < -0.3 is 8.94 Å². The van der Waals surface area contributed by atoms with Gasteiger partial charge in [0.1, 0.15) is 0 Å². The van der Waals surface area contributed by atoms with Crippen LogP contribution < -0.4 is 5.76 Å². The minimum atomic E-state index is -0.366. The Hall–Kier alpha value is -2.93. The van der Waals surface area contributed by atoms with Crippen LogP contribution in [0.5, 0.6) is 0 Å². The Balaban J connectivity index is 1.67. The van der Waals surface area contributed by atoms with Crippen molar-refractivity contribution in [2.75, 3.05) is 0 Å². The Morgan fingerprint density at radius 1 is 1.24 bits per heavy atom. The van der Waals surface area contributed by atoms with Gasteiger partial charge in [-0.3, -0.25) is 4.57 Å². The van der Waals surface area contributed by atoms with Crippen molar-refractivity contribution < 1.29 is 8.94 Å². The summed E-state index contributed by atoms with van der Waals surface area (Å²) < 4.78 is 12.2. The van der Waals surface area contributed by atoms with E-state index in [-0.39, 0.29) is 11.8 Å². The summed E-state index contributed by atoms with van der Waals surface area (Å²) in [6.07, 6.45) is 3.70. The highest BCUT2D eigenvalue weighted by atomic mass is 32.1. The molecule has 4 aromatic rings. The van der Waals surface area contributed by atoms with Gasteiger partial charge in [0.2, 0.25) is 5.82 Å². The summed E-state index contributed by atoms with van der Waals surface area (Å²) in [6, 6.07) is 9.47. The van der Waals surface area contributed by atoms with Crippen LogP contribution in [0.15, 0.2) is 49.4 Å². The van der Waals surface area contributed by atoms with Crippen LogP contribution in [-0.4, -0.2) is 14.7 Å². The Morgan fingerprint density at radius 2 is 2.12 bits per heavy atom. The van der Waals surface area contributed by atoms with Gasteiger partial charge in [0.05, 0.1) is 5.52 Å². The average molecular weight is 353 g/mol. The van der Waals surface area contributed by atoms with E-state index < -0.39 is 0 Å². The second kappa shape index (κ2) is 6.18. The van der Waals surface area contributed by atoms with Gasteiger partial charge in [0.25, 0.3) is 5.89 Å². The number of fused-ring (bicyclic) bond motifs is 1. The largest absolute Gasteiger partial charge is 0.420 e. The third-order valence-corrected chi connectivity index (χ3v) is 4.60. The van der Waals surface area contributed by atoms with Crippen molar-refractivity contribution in [1.29, 1.82) is 0 Å². The molecule has 0 fully saturated rings. The molecule has 0 aliphatic rings. The first-order chi connectivity index (χ1) is 12.1. The molecule has 3 aromatic heterocycles. The first-order valence-electron chi connectivity index (χ1n) is 7.82. The van der Waals surface area contributed by atoms with Crippen LogP contribution in [0.25, 0.3) is 34.6 Å². The normalized spacial score (nSPS) is 12.0. The van der Waals surface area contributed by atoms with Gasteiger partial charge in [-0.05, 0) is 49.6 Å². The summed E-state index contributed by atoms with van der Waals surface area (Å²) in [5.74, 6) is 0.507. The van der Waals surface area contributed by atoms with Crippen molar-refractivity contribution in [1.82, 2.24) is 14.7 Å². The van der Waals surface area contributed by atoms with Crippen molar-refractivity contribution in [2.45, 2.75) is 19.9 Å². The zero-order valence-electron chi connectivity index (χ0n) is 13.7. The molecule has 3 heterocycles. The number of aromatic nitrogens is 3. The molecule has 0 spiro atoms. The summed E-state index contributed by atoms with van der Waals surface area (Å²) in [5, 5.41) is 6.00. The molecule has 126 valence electrons. The van der Waals surface area contributed by atoms with Crippen LogP contribution in [0, 0.1) is 0 Å². The standard InChI is InChI=1S/C18H15N3O3S/c1-11(2)21-14-7-5-12(10-15(14)23-18(21)22)17-19-16(24-20-17)8-6-13-4-3-9-25-13/h3-11H,1-2H3/b8-6+. The molecule has 0 saturated carbocycles. The summed E-state index contributed by atoms with van der Waals surface area (Å²) in [4.78, 5) is 17.4. The van der Waals surface area contributed by atoms with E-state index in [0.29, 0.717) is 17.3 Å². The number of hydrogen-bond acceptors (Lipinski definition) is 6. The highest BCUT2D eigenvalue weighted by Gasteiger charge is 2.14. The van der Waals surface area contributed by atoms with Gasteiger partial charge >= 0.3 is 5.76 Å².